The van der Waals surface area contributed by atoms with Gasteiger partial charge in [-0.2, -0.15) is 0 Å². The zero-order chi connectivity index (χ0) is 25.7. The van der Waals surface area contributed by atoms with Crippen molar-refractivity contribution in [3.05, 3.63) is 47.6 Å². The van der Waals surface area contributed by atoms with Gasteiger partial charge in [0.1, 0.15) is 17.3 Å². The van der Waals surface area contributed by atoms with E-state index in [1.165, 1.54) is 0 Å². The first kappa shape index (κ1) is 25.9. The second kappa shape index (κ2) is 8.47. The van der Waals surface area contributed by atoms with Crippen molar-refractivity contribution in [2.24, 2.45) is 0 Å². The first-order chi connectivity index (χ1) is 15.4. The predicted octanol–water partition coefficient (Wildman–Crippen LogP) is 7.11. The minimum absolute atomic E-state index is 0.0199. The highest BCUT2D eigenvalue weighted by Crippen LogP contribution is 2.31. The number of hydrogen-bond acceptors (Lipinski definition) is 4. The lowest BCUT2D eigenvalue weighted by atomic mass is 9.88. The largest absolute Gasteiger partial charge is 0.358 e. The monoisotopic (exact) mass is 462 g/mol. The summed E-state index contributed by atoms with van der Waals surface area (Å²) in [5, 5.41) is 1.13. The van der Waals surface area contributed by atoms with Crippen LogP contribution in [0.2, 0.25) is 0 Å². The van der Waals surface area contributed by atoms with Crippen molar-refractivity contribution in [1.29, 1.82) is 0 Å². The van der Waals surface area contributed by atoms with Gasteiger partial charge in [-0.3, -0.25) is 0 Å². The highest BCUT2D eigenvalue weighted by Gasteiger charge is 2.26. The van der Waals surface area contributed by atoms with E-state index in [0.717, 1.165) is 45.1 Å². The maximum atomic E-state index is 4.78. The Morgan fingerprint density at radius 3 is 1.56 bits per heavy atom. The molecular formula is C28H42N6. The molecule has 0 spiro atoms. The van der Waals surface area contributed by atoms with Crippen LogP contribution in [0.3, 0.4) is 0 Å². The summed E-state index contributed by atoms with van der Waals surface area (Å²) in [6, 6.07) is 4.07. The smallest absolute Gasteiger partial charge is 0.141 e. The van der Waals surface area contributed by atoms with Gasteiger partial charge in [0.05, 0.1) is 22.4 Å². The van der Waals surface area contributed by atoms with E-state index >= 15 is 0 Å². The van der Waals surface area contributed by atoms with Crippen LogP contribution in [0.1, 0.15) is 106 Å². The summed E-state index contributed by atoms with van der Waals surface area (Å²) in [5.41, 5.74) is 5.22. The van der Waals surface area contributed by atoms with Gasteiger partial charge in [-0.05, 0) is 12.1 Å². The molecule has 0 aliphatic carbocycles. The zero-order valence-corrected chi connectivity index (χ0v) is 23.1. The number of H-pyrrole nitrogens is 2. The molecule has 184 valence electrons. The lowest BCUT2D eigenvalue weighted by Crippen LogP contribution is -2.22. The fourth-order valence-corrected chi connectivity index (χ4v) is 3.67. The van der Waals surface area contributed by atoms with Gasteiger partial charge in [0.15, 0.2) is 0 Å². The van der Waals surface area contributed by atoms with Crippen LogP contribution < -0.4 is 0 Å². The van der Waals surface area contributed by atoms with Crippen molar-refractivity contribution in [3.63, 3.8) is 0 Å². The lowest BCUT2D eigenvalue weighted by molar-refractivity contribution is 0.519. The van der Waals surface area contributed by atoms with Crippen molar-refractivity contribution < 1.29 is 0 Å². The third-order valence-corrected chi connectivity index (χ3v) is 5.58. The molecule has 0 aliphatic heterocycles. The first-order valence-corrected chi connectivity index (χ1v) is 12.1. The highest BCUT2D eigenvalue weighted by molar-refractivity contribution is 5.79. The molecule has 0 saturated carbocycles. The van der Waals surface area contributed by atoms with E-state index in [1.807, 2.05) is 18.5 Å². The van der Waals surface area contributed by atoms with Crippen molar-refractivity contribution in [2.45, 2.75) is 105 Å². The summed E-state index contributed by atoms with van der Waals surface area (Å²) in [5.74, 6) is 1.81. The average molecular weight is 463 g/mol. The van der Waals surface area contributed by atoms with Crippen LogP contribution in [-0.4, -0.2) is 29.9 Å². The Labute approximate surface area is 204 Å². The molecule has 2 N–H and O–H groups in total. The first-order valence-electron chi connectivity index (χ1n) is 12.1. The number of fused-ring (bicyclic) bond motifs is 2. The van der Waals surface area contributed by atoms with Gasteiger partial charge in [-0.15, -0.1) is 0 Å². The molecule has 0 atom stereocenters. The van der Waals surface area contributed by atoms with Gasteiger partial charge in [0.2, 0.25) is 0 Å². The molecule has 4 aromatic heterocycles. The minimum atomic E-state index is -0.0285. The molecule has 0 radical (unpaired) electrons. The van der Waals surface area contributed by atoms with Crippen LogP contribution >= 0.6 is 0 Å². The molecule has 0 unspecified atom stereocenters. The number of aromatic amines is 2. The van der Waals surface area contributed by atoms with E-state index in [9.17, 15) is 0 Å². The van der Waals surface area contributed by atoms with Crippen LogP contribution in [0.25, 0.3) is 22.1 Å². The Kier molecular flexibility index (Phi) is 6.44. The van der Waals surface area contributed by atoms with E-state index in [4.69, 9.17) is 9.97 Å². The molecule has 4 rings (SSSR count). The topological polar surface area (TPSA) is 83.1 Å². The molecule has 0 amide bonds. The number of aromatic nitrogens is 6. The summed E-state index contributed by atoms with van der Waals surface area (Å²) in [6.07, 6.45) is 3.86. The zero-order valence-electron chi connectivity index (χ0n) is 23.1. The SMILES string of the molecule is CC(C)(C)c1nc(C(C)(C)C)c2[nH]ccc2n1.CC(C)(C)c1nc(C(C)(C)C)c2cc[nH]c2n1. The van der Waals surface area contributed by atoms with E-state index in [0.29, 0.717) is 0 Å². The highest BCUT2D eigenvalue weighted by atomic mass is 15.0. The summed E-state index contributed by atoms with van der Waals surface area (Å²) in [6.45, 7) is 26.0. The summed E-state index contributed by atoms with van der Waals surface area (Å²) in [4.78, 5) is 25.3. The Morgan fingerprint density at radius 1 is 0.529 bits per heavy atom. The standard InChI is InChI=1S/2C14H21N3/c1-13(2,3)11-10-9(7-8-15-10)16-12(17-11)14(4,5)6;1-13(2,3)10-9-7-8-15-11(9)17-12(16-10)14(4,5)6/h7-8,15H,1-6H3;7-8H,1-6H3,(H,15,16,17). The van der Waals surface area contributed by atoms with Crippen molar-refractivity contribution in [3.8, 4) is 0 Å². The predicted molar refractivity (Wildman–Crippen MR) is 143 cm³/mol. The molecule has 34 heavy (non-hydrogen) atoms. The molecule has 0 saturated heterocycles. The van der Waals surface area contributed by atoms with Crippen molar-refractivity contribution in [1.82, 2.24) is 29.9 Å². The second-order valence-corrected chi connectivity index (χ2v) is 13.3. The maximum absolute atomic E-state index is 4.78. The van der Waals surface area contributed by atoms with E-state index in [-0.39, 0.29) is 21.7 Å². The van der Waals surface area contributed by atoms with Crippen LogP contribution in [-0.2, 0) is 21.7 Å². The Bertz CT molecular complexity index is 1180. The minimum Gasteiger partial charge on any atom is -0.358 e. The third kappa shape index (κ3) is 5.48. The van der Waals surface area contributed by atoms with Gasteiger partial charge in [0.25, 0.3) is 0 Å². The van der Waals surface area contributed by atoms with Crippen molar-refractivity contribution >= 4 is 22.1 Å². The van der Waals surface area contributed by atoms with Crippen LogP contribution in [0.15, 0.2) is 24.5 Å². The molecule has 0 aliphatic rings. The summed E-state index contributed by atoms with van der Waals surface area (Å²) in [7, 11) is 0. The number of rotatable bonds is 0. The molecular weight excluding hydrogens is 420 g/mol. The molecule has 0 aromatic carbocycles. The molecule has 4 heterocycles. The molecule has 0 bridgehead atoms. The van der Waals surface area contributed by atoms with E-state index in [2.05, 4.69) is 109 Å². The average Bonchev–Trinajstić information content (AvgIpc) is 3.32. The van der Waals surface area contributed by atoms with Crippen LogP contribution in [0.4, 0.5) is 0 Å². The summed E-state index contributed by atoms with van der Waals surface area (Å²) < 4.78 is 0. The van der Waals surface area contributed by atoms with Crippen LogP contribution in [0.5, 0.6) is 0 Å². The van der Waals surface area contributed by atoms with E-state index < -0.39 is 0 Å². The fraction of sp³-hybridized carbons (Fsp3) is 0.571. The Hall–Kier alpha value is -2.76. The Balaban J connectivity index is 0.000000191. The van der Waals surface area contributed by atoms with Gasteiger partial charge in [-0.1, -0.05) is 83.1 Å². The third-order valence-electron chi connectivity index (χ3n) is 5.58. The second-order valence-electron chi connectivity index (χ2n) is 13.3. The van der Waals surface area contributed by atoms with Crippen molar-refractivity contribution in [2.75, 3.05) is 0 Å². The lowest BCUT2D eigenvalue weighted by Gasteiger charge is -2.23. The number of nitrogens with zero attached hydrogens (tertiary/aromatic N) is 4. The molecule has 4 aromatic rings. The quantitative estimate of drug-likeness (QED) is 0.292. The molecule has 6 heteroatoms. The Morgan fingerprint density at radius 2 is 1.03 bits per heavy atom. The van der Waals surface area contributed by atoms with Gasteiger partial charge >= 0.3 is 0 Å². The summed E-state index contributed by atoms with van der Waals surface area (Å²) >= 11 is 0. The van der Waals surface area contributed by atoms with Gasteiger partial charge in [-0.25, -0.2) is 19.9 Å². The molecule has 6 nitrogen and oxygen atoms in total. The fourth-order valence-electron chi connectivity index (χ4n) is 3.67. The number of hydrogen-bond donors (Lipinski definition) is 2. The molecule has 0 fully saturated rings. The normalized spacial score (nSPS) is 13.3. The number of nitrogens with one attached hydrogen (secondary N) is 2. The van der Waals surface area contributed by atoms with E-state index in [1.54, 1.807) is 0 Å². The maximum Gasteiger partial charge on any atom is 0.141 e. The van der Waals surface area contributed by atoms with Crippen LogP contribution in [0, 0.1) is 0 Å². The van der Waals surface area contributed by atoms with Gasteiger partial charge in [0, 0.05) is 39.4 Å². The van der Waals surface area contributed by atoms with Gasteiger partial charge < -0.3 is 9.97 Å².